The summed E-state index contributed by atoms with van der Waals surface area (Å²) < 4.78 is 21.7. The molecule has 0 aromatic carbocycles. The number of unbranched alkanes of at least 4 members (excludes halogenated alkanes) is 1. The molecule has 7 nitrogen and oxygen atoms in total. The van der Waals surface area contributed by atoms with Gasteiger partial charge in [0.1, 0.15) is 0 Å². The number of hydrogen-bond donors (Lipinski definition) is 5. The van der Waals surface area contributed by atoms with Crippen molar-refractivity contribution < 1.29 is 33.8 Å². The van der Waals surface area contributed by atoms with Crippen molar-refractivity contribution in [1.82, 2.24) is 0 Å². The highest BCUT2D eigenvalue weighted by atomic mass is 31.2. The maximum atomic E-state index is 10.9. The Morgan fingerprint density at radius 2 is 1.31 bits per heavy atom. The van der Waals surface area contributed by atoms with Gasteiger partial charge in [-0.05, 0) is 19.8 Å². The molecule has 0 aromatic heterocycles. The molecule has 0 saturated heterocycles. The molecule has 0 aliphatic carbocycles. The van der Waals surface area contributed by atoms with Crippen LogP contribution in [-0.4, -0.2) is 36.2 Å². The lowest BCUT2D eigenvalue weighted by atomic mass is 10.1. The van der Waals surface area contributed by atoms with Gasteiger partial charge in [0, 0.05) is 0 Å². The second-order valence-electron chi connectivity index (χ2n) is 3.79. The second kappa shape index (κ2) is 6.26. The van der Waals surface area contributed by atoms with Gasteiger partial charge in [0.2, 0.25) is 0 Å². The van der Waals surface area contributed by atoms with E-state index < -0.39 is 26.7 Å². The van der Waals surface area contributed by atoms with Gasteiger partial charge in [0.15, 0.2) is 5.40 Å². The Labute approximate surface area is 93.8 Å². The molecule has 0 fully saturated rings. The number of hydrogen-bond acceptors (Lipinski definition) is 3. The van der Waals surface area contributed by atoms with Crippen LogP contribution in [0.15, 0.2) is 0 Å². The molecule has 0 aromatic rings. The van der Waals surface area contributed by atoms with Gasteiger partial charge >= 0.3 is 15.2 Å². The summed E-state index contributed by atoms with van der Waals surface area (Å²) in [6, 6.07) is 0. The maximum Gasteiger partial charge on any atom is 0.340 e. The van der Waals surface area contributed by atoms with Crippen molar-refractivity contribution in [3.05, 3.63) is 0 Å². The van der Waals surface area contributed by atoms with E-state index in [2.05, 4.69) is 0 Å². The zero-order valence-electron chi connectivity index (χ0n) is 8.93. The lowest BCUT2D eigenvalue weighted by molar-refractivity contribution is 0.180. The topological polar surface area (TPSA) is 135 Å². The maximum absolute atomic E-state index is 10.9. The van der Waals surface area contributed by atoms with Crippen LogP contribution in [0.2, 0.25) is 0 Å². The highest BCUT2D eigenvalue weighted by Gasteiger charge is 2.42. The van der Waals surface area contributed by atoms with Crippen LogP contribution >= 0.6 is 15.2 Å². The third kappa shape index (κ3) is 6.76. The van der Waals surface area contributed by atoms with E-state index in [1.54, 1.807) is 6.92 Å². The number of rotatable bonds is 7. The van der Waals surface area contributed by atoms with Crippen molar-refractivity contribution in [2.24, 2.45) is 0 Å². The highest BCUT2D eigenvalue weighted by molar-refractivity contribution is 7.70. The molecule has 0 rings (SSSR count). The molecule has 0 amide bonds. The van der Waals surface area contributed by atoms with Crippen molar-refractivity contribution in [2.45, 2.75) is 44.1 Å². The first-order valence-electron chi connectivity index (χ1n) is 4.83. The molecule has 0 saturated carbocycles. The fraction of sp³-hybridized carbons (Fsp3) is 1.00. The molecule has 1 unspecified atom stereocenters. The van der Waals surface area contributed by atoms with E-state index in [-0.39, 0.29) is 12.8 Å². The lowest BCUT2D eigenvalue weighted by Crippen LogP contribution is -2.09. The van der Waals surface area contributed by atoms with Crippen LogP contribution in [0.25, 0.3) is 0 Å². The molecule has 16 heavy (non-hydrogen) atoms. The summed E-state index contributed by atoms with van der Waals surface area (Å²) in [5, 5.41) is 7.01. The Morgan fingerprint density at radius 3 is 1.62 bits per heavy atom. The first-order valence-corrected chi connectivity index (χ1v) is 8.20. The molecule has 0 spiro atoms. The van der Waals surface area contributed by atoms with E-state index >= 15 is 0 Å². The van der Waals surface area contributed by atoms with Crippen molar-refractivity contribution in [2.75, 3.05) is 0 Å². The molecular formula is C7H18O7P2. The van der Waals surface area contributed by atoms with Crippen LogP contribution in [-0.2, 0) is 9.13 Å². The van der Waals surface area contributed by atoms with Crippen LogP contribution < -0.4 is 0 Å². The van der Waals surface area contributed by atoms with E-state index in [0.29, 0.717) is 12.8 Å². The zero-order chi connectivity index (χ0) is 13.0. The van der Waals surface area contributed by atoms with Gasteiger partial charge in [-0.3, -0.25) is 9.13 Å². The summed E-state index contributed by atoms with van der Waals surface area (Å²) in [6.07, 6.45) is 0.388. The molecular weight excluding hydrogens is 258 g/mol. The predicted octanol–water partition coefficient (Wildman–Crippen LogP) is 0.609. The average Bonchev–Trinajstić information content (AvgIpc) is 1.97. The molecule has 0 heterocycles. The number of aliphatic hydroxyl groups is 1. The second-order valence-corrected chi connectivity index (χ2v) is 7.80. The summed E-state index contributed by atoms with van der Waals surface area (Å²) in [4.78, 5) is 35.2. The first kappa shape index (κ1) is 16.3. The van der Waals surface area contributed by atoms with Gasteiger partial charge in [-0.1, -0.05) is 12.8 Å². The van der Waals surface area contributed by atoms with E-state index in [4.69, 9.17) is 24.7 Å². The molecule has 5 N–H and O–H groups in total. The van der Waals surface area contributed by atoms with Crippen LogP contribution in [0.4, 0.5) is 0 Å². The highest BCUT2D eigenvalue weighted by Crippen LogP contribution is 2.61. The summed E-state index contributed by atoms with van der Waals surface area (Å²) in [6.45, 7) is 1.57. The van der Waals surface area contributed by atoms with Crippen molar-refractivity contribution >= 4 is 15.2 Å². The normalized spacial score (nSPS) is 15.4. The van der Waals surface area contributed by atoms with Crippen LogP contribution in [0.3, 0.4) is 0 Å². The van der Waals surface area contributed by atoms with Gasteiger partial charge in [-0.15, -0.1) is 0 Å². The Morgan fingerprint density at radius 1 is 0.938 bits per heavy atom. The fourth-order valence-electron chi connectivity index (χ4n) is 1.30. The van der Waals surface area contributed by atoms with Gasteiger partial charge in [-0.2, -0.15) is 0 Å². The Kier molecular flexibility index (Phi) is 6.36. The minimum absolute atomic E-state index is 0.249. The number of aliphatic hydroxyl groups excluding tert-OH is 1. The Hall–Kier alpha value is 0.260. The van der Waals surface area contributed by atoms with Crippen LogP contribution in [0, 0.1) is 0 Å². The fourth-order valence-corrected chi connectivity index (χ4v) is 3.90. The van der Waals surface area contributed by atoms with Crippen LogP contribution in [0.1, 0.15) is 32.6 Å². The average molecular weight is 276 g/mol. The summed E-state index contributed by atoms with van der Waals surface area (Å²) >= 11 is 0. The quantitative estimate of drug-likeness (QED) is 0.339. The summed E-state index contributed by atoms with van der Waals surface area (Å²) in [7, 11) is -9.57. The summed E-state index contributed by atoms with van der Waals surface area (Å²) in [5.41, 5.74) is 0. The van der Waals surface area contributed by atoms with Gasteiger partial charge < -0.3 is 24.7 Å². The monoisotopic (exact) mass is 276 g/mol. The lowest BCUT2D eigenvalue weighted by Gasteiger charge is -2.19. The van der Waals surface area contributed by atoms with E-state index in [1.807, 2.05) is 0 Å². The molecule has 0 radical (unpaired) electrons. The molecule has 9 heteroatoms. The van der Waals surface area contributed by atoms with Crippen molar-refractivity contribution in [1.29, 1.82) is 0 Å². The summed E-state index contributed by atoms with van der Waals surface area (Å²) in [5.74, 6) is 0. The third-order valence-electron chi connectivity index (χ3n) is 2.11. The smallest absolute Gasteiger partial charge is 0.340 e. The first-order chi connectivity index (χ1) is 7.05. The largest absolute Gasteiger partial charge is 0.393 e. The molecule has 0 bridgehead atoms. The van der Waals surface area contributed by atoms with Crippen LogP contribution in [0.5, 0.6) is 0 Å². The predicted molar refractivity (Wildman–Crippen MR) is 58.0 cm³/mol. The molecule has 0 aliphatic rings. The van der Waals surface area contributed by atoms with Crippen molar-refractivity contribution in [3.63, 3.8) is 0 Å². The molecule has 1 atom stereocenters. The minimum atomic E-state index is -4.79. The standard InChI is InChI=1S/C7H18O7P2/c1-6(8)4-2-3-5-7(15(9,10)11)16(12,13)14/h6-8H,2-5H2,1H3,(H2,9,10,11)(H2,12,13,14). The van der Waals surface area contributed by atoms with Gasteiger partial charge in [0.05, 0.1) is 6.10 Å². The van der Waals surface area contributed by atoms with E-state index in [9.17, 15) is 9.13 Å². The zero-order valence-corrected chi connectivity index (χ0v) is 10.7. The van der Waals surface area contributed by atoms with Crippen molar-refractivity contribution in [3.8, 4) is 0 Å². The van der Waals surface area contributed by atoms with E-state index in [1.165, 1.54) is 0 Å². The Bertz CT molecular complexity index is 269. The van der Waals surface area contributed by atoms with Gasteiger partial charge in [0.25, 0.3) is 0 Å². The Balaban J connectivity index is 4.27. The molecule has 0 aliphatic heterocycles. The third-order valence-corrected chi connectivity index (χ3v) is 5.99. The molecule has 98 valence electrons. The SMILES string of the molecule is CC(O)CCCCC(P(=O)(O)O)P(=O)(O)O. The minimum Gasteiger partial charge on any atom is -0.393 e. The van der Waals surface area contributed by atoms with E-state index in [0.717, 1.165) is 0 Å². The van der Waals surface area contributed by atoms with Gasteiger partial charge in [-0.25, -0.2) is 0 Å².